The van der Waals surface area contributed by atoms with E-state index < -0.39 is 18.1 Å². The number of amides is 1. The molecule has 92 valence electrons. The zero-order valence-corrected chi connectivity index (χ0v) is 9.21. The third kappa shape index (κ3) is 4.12. The third-order valence-corrected chi connectivity index (χ3v) is 2.06. The van der Waals surface area contributed by atoms with Crippen molar-refractivity contribution >= 4 is 11.9 Å². The third-order valence-electron chi connectivity index (χ3n) is 2.06. The average Bonchev–Trinajstić information content (AvgIpc) is 2.29. The van der Waals surface area contributed by atoms with Gasteiger partial charge in [0, 0.05) is 0 Å². The first-order valence-electron chi connectivity index (χ1n) is 4.86. The van der Waals surface area contributed by atoms with Gasteiger partial charge in [0.2, 0.25) is 12.1 Å². The quantitative estimate of drug-likeness (QED) is 0.616. The Labute approximate surface area is 97.8 Å². The van der Waals surface area contributed by atoms with Crippen LogP contribution < -0.4 is 10.1 Å². The lowest BCUT2D eigenvalue weighted by molar-refractivity contribution is -0.151. The van der Waals surface area contributed by atoms with Gasteiger partial charge < -0.3 is 20.3 Å². The number of methoxy groups -OCH3 is 1. The first-order valence-corrected chi connectivity index (χ1v) is 4.86. The van der Waals surface area contributed by atoms with Gasteiger partial charge in [-0.2, -0.15) is 0 Å². The molecule has 3 N–H and O–H groups in total. The molecule has 0 fully saturated rings. The number of aliphatic hydroxyl groups excluding tert-OH is 1. The smallest absolute Gasteiger partial charge is 0.353 e. The Morgan fingerprint density at radius 1 is 1.35 bits per heavy atom. The van der Waals surface area contributed by atoms with Crippen molar-refractivity contribution in [1.29, 1.82) is 0 Å². The number of rotatable bonds is 5. The second kappa shape index (κ2) is 5.86. The van der Waals surface area contributed by atoms with Gasteiger partial charge in [-0.1, -0.05) is 12.1 Å². The number of hydrogen-bond acceptors (Lipinski definition) is 4. The summed E-state index contributed by atoms with van der Waals surface area (Å²) in [5.41, 5.74) is 0.695. The van der Waals surface area contributed by atoms with Crippen LogP contribution in [0.5, 0.6) is 5.75 Å². The highest BCUT2D eigenvalue weighted by Crippen LogP contribution is 2.11. The fraction of sp³-hybridized carbons (Fsp3) is 0.273. The molecule has 17 heavy (non-hydrogen) atoms. The molecule has 0 aromatic heterocycles. The Morgan fingerprint density at radius 3 is 2.41 bits per heavy atom. The number of carboxylic acids is 1. The van der Waals surface area contributed by atoms with Crippen LogP contribution in [0.1, 0.15) is 5.56 Å². The number of carbonyl (C=O) groups is 2. The van der Waals surface area contributed by atoms with Gasteiger partial charge >= 0.3 is 5.97 Å². The Bertz CT molecular complexity index is 401. The van der Waals surface area contributed by atoms with Crippen molar-refractivity contribution < 1.29 is 24.5 Å². The maximum Gasteiger partial charge on any atom is 0.353 e. The van der Waals surface area contributed by atoms with E-state index in [4.69, 9.17) is 14.9 Å². The molecular weight excluding hydrogens is 226 g/mol. The minimum absolute atomic E-state index is 0.00562. The second-order valence-electron chi connectivity index (χ2n) is 3.33. The summed E-state index contributed by atoms with van der Waals surface area (Å²) in [5.74, 6) is -1.39. The first kappa shape index (κ1) is 13.0. The van der Waals surface area contributed by atoms with Crippen LogP contribution in [0.2, 0.25) is 0 Å². The lowest BCUT2D eigenvalue weighted by Gasteiger charge is -2.08. The molecule has 0 bridgehead atoms. The van der Waals surface area contributed by atoms with E-state index in [-0.39, 0.29) is 6.42 Å². The summed E-state index contributed by atoms with van der Waals surface area (Å²) in [4.78, 5) is 21.6. The van der Waals surface area contributed by atoms with Crippen molar-refractivity contribution in [1.82, 2.24) is 5.32 Å². The molecule has 0 saturated carbocycles. The molecule has 6 heteroatoms. The first-order chi connectivity index (χ1) is 8.02. The van der Waals surface area contributed by atoms with Crippen LogP contribution in [-0.2, 0) is 16.0 Å². The molecular formula is C11H13NO5. The van der Waals surface area contributed by atoms with E-state index >= 15 is 0 Å². The predicted molar refractivity (Wildman–Crippen MR) is 58.5 cm³/mol. The number of hydrogen-bond donors (Lipinski definition) is 3. The van der Waals surface area contributed by atoms with Crippen LogP contribution in [-0.4, -0.2) is 35.4 Å². The van der Waals surface area contributed by atoms with Crippen LogP contribution in [0.4, 0.5) is 0 Å². The summed E-state index contributed by atoms with van der Waals surface area (Å²) in [6, 6.07) is 6.75. The van der Waals surface area contributed by atoms with Gasteiger partial charge in [-0.25, -0.2) is 4.79 Å². The summed E-state index contributed by atoms with van der Waals surface area (Å²) in [7, 11) is 1.53. The molecule has 0 aliphatic carbocycles. The second-order valence-corrected chi connectivity index (χ2v) is 3.33. The molecule has 0 heterocycles. The van der Waals surface area contributed by atoms with E-state index in [0.29, 0.717) is 11.3 Å². The Hall–Kier alpha value is -2.08. The number of benzene rings is 1. The lowest BCUT2D eigenvalue weighted by Crippen LogP contribution is -2.41. The van der Waals surface area contributed by atoms with Gasteiger partial charge in [-0.3, -0.25) is 4.79 Å². The maximum atomic E-state index is 11.3. The van der Waals surface area contributed by atoms with Crippen LogP contribution >= 0.6 is 0 Å². The minimum Gasteiger partial charge on any atom is -0.497 e. The highest BCUT2D eigenvalue weighted by Gasteiger charge is 2.15. The van der Waals surface area contributed by atoms with E-state index in [0.717, 1.165) is 0 Å². The summed E-state index contributed by atoms with van der Waals surface area (Å²) >= 11 is 0. The molecule has 1 aromatic carbocycles. The molecule has 6 nitrogen and oxygen atoms in total. The van der Waals surface area contributed by atoms with Gasteiger partial charge in [0.05, 0.1) is 13.5 Å². The number of carbonyl (C=O) groups excluding carboxylic acids is 1. The zero-order chi connectivity index (χ0) is 12.8. The molecule has 0 aliphatic rings. The van der Waals surface area contributed by atoms with E-state index in [9.17, 15) is 9.59 Å². The largest absolute Gasteiger partial charge is 0.497 e. The van der Waals surface area contributed by atoms with Crippen molar-refractivity contribution in [3.8, 4) is 5.75 Å². The van der Waals surface area contributed by atoms with Gasteiger partial charge in [0.25, 0.3) is 0 Å². The SMILES string of the molecule is COc1ccc(CC(=O)NC(O)C(=O)O)cc1. The van der Waals surface area contributed by atoms with Crippen molar-refractivity contribution in [3.63, 3.8) is 0 Å². The standard InChI is InChI=1S/C11H13NO5/c1-17-8-4-2-7(3-5-8)6-9(13)12-10(14)11(15)16/h2-5,10,14H,6H2,1H3,(H,12,13)(H,15,16). The molecule has 1 atom stereocenters. The summed E-state index contributed by atoms with van der Waals surface area (Å²) in [6.45, 7) is 0. The highest BCUT2D eigenvalue weighted by atomic mass is 16.5. The number of aliphatic carboxylic acids is 1. The molecule has 0 spiro atoms. The molecule has 1 amide bonds. The van der Waals surface area contributed by atoms with Crippen molar-refractivity contribution in [2.45, 2.75) is 12.6 Å². The molecule has 0 radical (unpaired) electrons. The van der Waals surface area contributed by atoms with Crippen molar-refractivity contribution in [2.24, 2.45) is 0 Å². The zero-order valence-electron chi connectivity index (χ0n) is 9.21. The maximum absolute atomic E-state index is 11.3. The van der Waals surface area contributed by atoms with Crippen molar-refractivity contribution in [3.05, 3.63) is 29.8 Å². The van der Waals surface area contributed by atoms with Crippen LogP contribution in [0.25, 0.3) is 0 Å². The average molecular weight is 239 g/mol. The normalized spacial score (nSPS) is 11.6. The minimum atomic E-state index is -1.87. The predicted octanol–water partition coefficient (Wildman–Crippen LogP) is -0.243. The molecule has 0 saturated heterocycles. The van der Waals surface area contributed by atoms with E-state index in [1.165, 1.54) is 7.11 Å². The van der Waals surface area contributed by atoms with Crippen molar-refractivity contribution in [2.75, 3.05) is 7.11 Å². The van der Waals surface area contributed by atoms with Gasteiger partial charge in [0.15, 0.2) is 0 Å². The number of ether oxygens (including phenoxy) is 1. The van der Waals surface area contributed by atoms with Gasteiger partial charge in [-0.15, -0.1) is 0 Å². The summed E-state index contributed by atoms with van der Waals surface area (Å²) < 4.78 is 4.95. The van der Waals surface area contributed by atoms with E-state index in [1.54, 1.807) is 24.3 Å². The van der Waals surface area contributed by atoms with Crippen LogP contribution in [0.3, 0.4) is 0 Å². The molecule has 0 aliphatic heterocycles. The Morgan fingerprint density at radius 2 is 1.94 bits per heavy atom. The highest BCUT2D eigenvalue weighted by molar-refractivity contribution is 5.83. The van der Waals surface area contributed by atoms with E-state index in [2.05, 4.69) is 0 Å². The monoisotopic (exact) mass is 239 g/mol. The summed E-state index contributed by atoms with van der Waals surface area (Å²) in [5, 5.41) is 19.2. The van der Waals surface area contributed by atoms with Gasteiger partial charge in [-0.05, 0) is 17.7 Å². The van der Waals surface area contributed by atoms with Crippen LogP contribution in [0.15, 0.2) is 24.3 Å². The molecule has 1 rings (SSSR count). The Balaban J connectivity index is 2.53. The van der Waals surface area contributed by atoms with E-state index in [1.807, 2.05) is 5.32 Å². The fourth-order valence-electron chi connectivity index (χ4n) is 1.19. The lowest BCUT2D eigenvalue weighted by atomic mass is 10.1. The number of carboxylic acid groups (broad SMARTS) is 1. The van der Waals surface area contributed by atoms with Gasteiger partial charge in [0.1, 0.15) is 5.75 Å². The number of aliphatic hydroxyl groups is 1. The number of nitrogens with one attached hydrogen (secondary N) is 1. The Kier molecular flexibility index (Phi) is 4.47. The molecule has 1 unspecified atom stereocenters. The van der Waals surface area contributed by atoms with Crippen LogP contribution in [0, 0.1) is 0 Å². The topological polar surface area (TPSA) is 95.9 Å². The molecule has 1 aromatic rings. The summed E-state index contributed by atoms with van der Waals surface area (Å²) in [6.07, 6.45) is -1.88. The fourth-order valence-corrected chi connectivity index (χ4v) is 1.19.